The second-order valence-electron chi connectivity index (χ2n) is 6.28. The number of carbonyl (C=O) groups excluding carboxylic acids is 1. The van der Waals surface area contributed by atoms with Gasteiger partial charge in [0.2, 0.25) is 0 Å². The summed E-state index contributed by atoms with van der Waals surface area (Å²) < 4.78 is 0. The predicted molar refractivity (Wildman–Crippen MR) is 78.1 cm³/mol. The Morgan fingerprint density at radius 2 is 1.95 bits per heavy atom. The molecule has 2 amide bonds. The van der Waals surface area contributed by atoms with Gasteiger partial charge >= 0.3 is 6.03 Å². The molecular formula is C15H30N2O2. The number of rotatable bonds is 6. The predicted octanol–water partition coefficient (Wildman–Crippen LogP) is 2.62. The maximum atomic E-state index is 12.0. The molecule has 112 valence electrons. The summed E-state index contributed by atoms with van der Waals surface area (Å²) in [6.45, 7) is 5.46. The van der Waals surface area contributed by atoms with Gasteiger partial charge in [-0.05, 0) is 50.4 Å². The van der Waals surface area contributed by atoms with E-state index in [1.807, 2.05) is 7.05 Å². The Labute approximate surface area is 117 Å². The van der Waals surface area contributed by atoms with Crippen molar-refractivity contribution in [1.29, 1.82) is 0 Å². The van der Waals surface area contributed by atoms with Crippen molar-refractivity contribution in [2.75, 3.05) is 20.2 Å². The van der Waals surface area contributed by atoms with Crippen LogP contribution in [0.15, 0.2) is 0 Å². The Bertz CT molecular complexity index is 261. The zero-order valence-electron chi connectivity index (χ0n) is 12.7. The van der Waals surface area contributed by atoms with Crippen molar-refractivity contribution < 1.29 is 9.90 Å². The van der Waals surface area contributed by atoms with E-state index in [0.717, 1.165) is 45.1 Å². The molecular weight excluding hydrogens is 240 g/mol. The first-order chi connectivity index (χ1) is 9.02. The molecule has 4 nitrogen and oxygen atoms in total. The Morgan fingerprint density at radius 3 is 2.47 bits per heavy atom. The van der Waals surface area contributed by atoms with Crippen LogP contribution < -0.4 is 5.32 Å². The molecule has 0 atom stereocenters. The third kappa shape index (κ3) is 6.28. The molecule has 1 rings (SSSR count). The summed E-state index contributed by atoms with van der Waals surface area (Å²) >= 11 is 0. The van der Waals surface area contributed by atoms with Crippen LogP contribution in [0.1, 0.15) is 52.4 Å². The molecule has 0 bridgehead atoms. The molecule has 0 aromatic heterocycles. The van der Waals surface area contributed by atoms with Crippen LogP contribution in [0.4, 0.5) is 4.79 Å². The molecule has 0 unspecified atom stereocenters. The van der Waals surface area contributed by atoms with Crippen molar-refractivity contribution in [3.8, 4) is 0 Å². The minimum absolute atomic E-state index is 0.0614. The van der Waals surface area contributed by atoms with E-state index in [1.165, 1.54) is 0 Å². The van der Waals surface area contributed by atoms with Gasteiger partial charge < -0.3 is 15.3 Å². The molecule has 1 fully saturated rings. The van der Waals surface area contributed by atoms with Gasteiger partial charge in [-0.25, -0.2) is 4.79 Å². The van der Waals surface area contributed by atoms with Crippen molar-refractivity contribution >= 4 is 6.03 Å². The van der Waals surface area contributed by atoms with E-state index in [4.69, 9.17) is 5.11 Å². The highest BCUT2D eigenvalue weighted by Crippen LogP contribution is 2.26. The zero-order valence-corrected chi connectivity index (χ0v) is 12.7. The van der Waals surface area contributed by atoms with E-state index in [-0.39, 0.29) is 6.03 Å². The van der Waals surface area contributed by atoms with Gasteiger partial charge in [0, 0.05) is 26.2 Å². The number of hydrogen-bond donors (Lipinski definition) is 2. The lowest BCUT2D eigenvalue weighted by molar-refractivity contribution is 0.187. The summed E-state index contributed by atoms with van der Waals surface area (Å²) in [5, 5.41) is 12.1. The molecule has 2 N–H and O–H groups in total. The van der Waals surface area contributed by atoms with Gasteiger partial charge in [0.25, 0.3) is 0 Å². The summed E-state index contributed by atoms with van der Waals surface area (Å²) in [7, 11) is 1.87. The Hall–Kier alpha value is -0.770. The van der Waals surface area contributed by atoms with Crippen molar-refractivity contribution in [3.63, 3.8) is 0 Å². The van der Waals surface area contributed by atoms with Crippen LogP contribution in [-0.2, 0) is 0 Å². The smallest absolute Gasteiger partial charge is 0.317 e. The second-order valence-corrected chi connectivity index (χ2v) is 6.28. The highest BCUT2D eigenvalue weighted by Gasteiger charge is 2.22. The summed E-state index contributed by atoms with van der Waals surface area (Å²) in [6.07, 6.45) is 6.31. The Kier molecular flexibility index (Phi) is 7.21. The quantitative estimate of drug-likeness (QED) is 0.779. The third-order valence-corrected chi connectivity index (χ3v) is 4.10. The van der Waals surface area contributed by atoms with Crippen LogP contribution >= 0.6 is 0 Å². The van der Waals surface area contributed by atoms with Crippen LogP contribution in [0.3, 0.4) is 0 Å². The summed E-state index contributed by atoms with van der Waals surface area (Å²) in [5.74, 6) is 1.28. The number of carbonyl (C=O) groups is 1. The number of aliphatic hydroxyl groups excluding tert-OH is 1. The van der Waals surface area contributed by atoms with Crippen LogP contribution in [0.2, 0.25) is 0 Å². The van der Waals surface area contributed by atoms with E-state index in [1.54, 1.807) is 4.90 Å². The number of hydrogen-bond acceptors (Lipinski definition) is 2. The van der Waals surface area contributed by atoms with Gasteiger partial charge in [-0.15, -0.1) is 0 Å². The molecule has 19 heavy (non-hydrogen) atoms. The first-order valence-electron chi connectivity index (χ1n) is 7.65. The zero-order chi connectivity index (χ0) is 14.3. The second kappa shape index (κ2) is 8.41. The lowest BCUT2D eigenvalue weighted by atomic mass is 9.84. The Morgan fingerprint density at radius 1 is 1.32 bits per heavy atom. The molecule has 0 saturated heterocycles. The Balaban J connectivity index is 2.22. The standard InChI is InChI=1S/C15H30N2O2/c1-12(2)8-10-17(3)15(19)16-14-6-4-13(5-7-14)9-11-18/h12-14,18H,4-11H2,1-3H3,(H,16,19). The summed E-state index contributed by atoms with van der Waals surface area (Å²) in [6, 6.07) is 0.384. The van der Waals surface area contributed by atoms with Crippen LogP contribution in [0.25, 0.3) is 0 Å². The van der Waals surface area contributed by atoms with Crippen molar-refractivity contribution in [2.24, 2.45) is 11.8 Å². The van der Waals surface area contributed by atoms with E-state index in [0.29, 0.717) is 24.5 Å². The molecule has 0 aliphatic heterocycles. The fourth-order valence-electron chi connectivity index (χ4n) is 2.62. The van der Waals surface area contributed by atoms with Gasteiger partial charge in [-0.3, -0.25) is 0 Å². The largest absolute Gasteiger partial charge is 0.396 e. The average Bonchev–Trinajstić information content (AvgIpc) is 2.38. The number of amides is 2. The van der Waals surface area contributed by atoms with E-state index in [9.17, 15) is 4.79 Å². The molecule has 0 radical (unpaired) electrons. The van der Waals surface area contributed by atoms with E-state index in [2.05, 4.69) is 19.2 Å². The lowest BCUT2D eigenvalue weighted by Gasteiger charge is -2.30. The maximum Gasteiger partial charge on any atom is 0.317 e. The highest BCUT2D eigenvalue weighted by atomic mass is 16.3. The van der Waals surface area contributed by atoms with Gasteiger partial charge in [-0.2, -0.15) is 0 Å². The van der Waals surface area contributed by atoms with E-state index < -0.39 is 0 Å². The average molecular weight is 270 g/mol. The molecule has 0 spiro atoms. The van der Waals surface area contributed by atoms with Gasteiger partial charge in [0.05, 0.1) is 0 Å². The maximum absolute atomic E-state index is 12.0. The van der Waals surface area contributed by atoms with Crippen LogP contribution in [0.5, 0.6) is 0 Å². The van der Waals surface area contributed by atoms with Crippen LogP contribution in [0, 0.1) is 11.8 Å². The first kappa shape index (κ1) is 16.3. The van der Waals surface area contributed by atoms with Crippen LogP contribution in [-0.4, -0.2) is 42.3 Å². The monoisotopic (exact) mass is 270 g/mol. The lowest BCUT2D eigenvalue weighted by Crippen LogP contribution is -2.44. The molecule has 1 aliphatic rings. The van der Waals surface area contributed by atoms with Gasteiger partial charge in [0.1, 0.15) is 0 Å². The number of nitrogens with zero attached hydrogens (tertiary/aromatic N) is 1. The van der Waals surface area contributed by atoms with Gasteiger partial charge in [-0.1, -0.05) is 13.8 Å². The van der Waals surface area contributed by atoms with E-state index >= 15 is 0 Å². The summed E-state index contributed by atoms with van der Waals surface area (Å²) in [4.78, 5) is 13.8. The molecule has 0 aromatic rings. The van der Waals surface area contributed by atoms with Gasteiger partial charge in [0.15, 0.2) is 0 Å². The SMILES string of the molecule is CC(C)CCN(C)C(=O)NC1CCC(CCO)CC1. The molecule has 0 aromatic carbocycles. The van der Waals surface area contributed by atoms with Crippen molar-refractivity contribution in [2.45, 2.75) is 58.4 Å². The third-order valence-electron chi connectivity index (χ3n) is 4.10. The fraction of sp³-hybridized carbons (Fsp3) is 0.933. The number of nitrogens with one attached hydrogen (secondary N) is 1. The molecule has 0 heterocycles. The minimum atomic E-state index is 0.0614. The fourth-order valence-corrected chi connectivity index (χ4v) is 2.62. The molecule has 1 saturated carbocycles. The molecule has 1 aliphatic carbocycles. The molecule has 4 heteroatoms. The minimum Gasteiger partial charge on any atom is -0.396 e. The highest BCUT2D eigenvalue weighted by molar-refractivity contribution is 5.74. The summed E-state index contributed by atoms with van der Waals surface area (Å²) in [5.41, 5.74) is 0. The number of aliphatic hydroxyl groups is 1. The number of urea groups is 1. The van der Waals surface area contributed by atoms with Crippen molar-refractivity contribution in [1.82, 2.24) is 10.2 Å². The topological polar surface area (TPSA) is 52.6 Å². The normalized spacial score (nSPS) is 23.4. The van der Waals surface area contributed by atoms with Crippen molar-refractivity contribution in [3.05, 3.63) is 0 Å². The first-order valence-corrected chi connectivity index (χ1v) is 7.65.